The number of esters is 1. The van der Waals surface area contributed by atoms with E-state index in [-0.39, 0.29) is 12.4 Å². The third kappa shape index (κ3) is 5.35. The molecule has 1 aliphatic rings. The van der Waals surface area contributed by atoms with E-state index in [4.69, 9.17) is 4.74 Å². The van der Waals surface area contributed by atoms with Gasteiger partial charge in [0.2, 0.25) is 0 Å². The van der Waals surface area contributed by atoms with Crippen molar-refractivity contribution in [2.45, 2.75) is 26.8 Å². The molecule has 1 aliphatic heterocycles. The van der Waals surface area contributed by atoms with Crippen LogP contribution in [0.4, 0.5) is 0 Å². The summed E-state index contributed by atoms with van der Waals surface area (Å²) in [5.74, 6) is 0.537. The Morgan fingerprint density at radius 1 is 1.44 bits per heavy atom. The van der Waals surface area contributed by atoms with Crippen LogP contribution in [0.5, 0.6) is 0 Å². The Labute approximate surface area is 153 Å². The lowest BCUT2D eigenvalue weighted by Crippen LogP contribution is -2.35. The second-order valence-electron chi connectivity index (χ2n) is 5.23. The lowest BCUT2D eigenvalue weighted by atomic mass is 10.1. The van der Waals surface area contributed by atoms with Gasteiger partial charge >= 0.3 is 5.97 Å². The van der Waals surface area contributed by atoms with Crippen molar-refractivity contribution >= 4 is 29.0 Å². The number of aliphatic imine (C=N–C) groups is 1. The predicted octanol–water partition coefficient (Wildman–Crippen LogP) is 2.98. The molecule has 0 radical (unpaired) electrons. The van der Waals surface area contributed by atoms with Crippen LogP contribution in [0, 0.1) is 0 Å². The number of carbonyl (C=O) groups excluding carboxylic acids is 1. The first kappa shape index (κ1) is 19.1. The summed E-state index contributed by atoms with van der Waals surface area (Å²) in [6, 6.07) is 10.1. The number of nitrogens with zero attached hydrogens (tertiary/aromatic N) is 3. The van der Waals surface area contributed by atoms with Crippen molar-refractivity contribution in [2.24, 2.45) is 10.1 Å². The van der Waals surface area contributed by atoms with Crippen molar-refractivity contribution in [3.63, 3.8) is 0 Å². The number of carbonyl (C=O) groups is 1. The fraction of sp³-hybridized carbons (Fsp3) is 0.389. The van der Waals surface area contributed by atoms with E-state index in [1.807, 2.05) is 31.4 Å². The average Bonchev–Trinajstić information content (AvgIpc) is 2.62. The molecule has 0 saturated heterocycles. The quantitative estimate of drug-likeness (QED) is 0.598. The van der Waals surface area contributed by atoms with Crippen LogP contribution in [0.3, 0.4) is 0 Å². The Balaban J connectivity index is 2.30. The Hall–Kier alpha value is -2.28. The number of benzene rings is 1. The van der Waals surface area contributed by atoms with Gasteiger partial charge in [0.05, 0.1) is 18.1 Å². The van der Waals surface area contributed by atoms with Crippen molar-refractivity contribution in [1.82, 2.24) is 10.3 Å². The molecule has 1 N–H and O–H groups in total. The van der Waals surface area contributed by atoms with E-state index in [1.165, 1.54) is 11.8 Å². The third-order valence-electron chi connectivity index (χ3n) is 3.53. The van der Waals surface area contributed by atoms with Gasteiger partial charge in [0.25, 0.3) is 0 Å². The first-order valence-electron chi connectivity index (χ1n) is 8.21. The lowest BCUT2D eigenvalue weighted by molar-refractivity contribution is -0.142. The maximum Gasteiger partial charge on any atom is 0.310 e. The van der Waals surface area contributed by atoms with E-state index in [0.717, 1.165) is 22.0 Å². The molecule has 0 spiro atoms. The summed E-state index contributed by atoms with van der Waals surface area (Å²) in [4.78, 5) is 16.6. The summed E-state index contributed by atoms with van der Waals surface area (Å²) in [6.07, 6.45) is 3.84. The molecule has 0 fully saturated rings. The smallest absolute Gasteiger partial charge is 0.310 e. The molecule has 0 bridgehead atoms. The van der Waals surface area contributed by atoms with E-state index >= 15 is 0 Å². The number of hydrogen-bond donors (Lipinski definition) is 1. The SMILES string of the molecule is C/C=N\N1CN=C(SC)C(CC(=O)OCC)=C1NCc1ccccc1. The van der Waals surface area contributed by atoms with Gasteiger partial charge < -0.3 is 10.1 Å². The number of thioether (sulfide) groups is 1. The van der Waals surface area contributed by atoms with E-state index in [1.54, 1.807) is 18.1 Å². The number of hydrogen-bond acceptors (Lipinski definition) is 7. The van der Waals surface area contributed by atoms with Crippen LogP contribution in [0.1, 0.15) is 25.8 Å². The molecule has 0 amide bonds. The highest BCUT2D eigenvalue weighted by Crippen LogP contribution is 2.24. The van der Waals surface area contributed by atoms with E-state index in [9.17, 15) is 4.79 Å². The molecular formula is C18H24N4O2S. The zero-order valence-electron chi connectivity index (χ0n) is 14.9. The Morgan fingerprint density at radius 2 is 2.20 bits per heavy atom. The summed E-state index contributed by atoms with van der Waals surface area (Å²) in [5.41, 5.74) is 1.97. The fourth-order valence-electron chi connectivity index (χ4n) is 2.47. The minimum absolute atomic E-state index is 0.167. The molecule has 134 valence electrons. The molecule has 0 atom stereocenters. The second kappa shape index (κ2) is 9.88. The van der Waals surface area contributed by atoms with Gasteiger partial charge in [0.15, 0.2) is 0 Å². The first-order valence-corrected chi connectivity index (χ1v) is 9.43. The minimum atomic E-state index is -0.263. The highest BCUT2D eigenvalue weighted by Gasteiger charge is 2.25. The molecular weight excluding hydrogens is 336 g/mol. The van der Waals surface area contributed by atoms with Gasteiger partial charge in [0, 0.05) is 18.3 Å². The van der Waals surface area contributed by atoms with Gasteiger partial charge in [0.1, 0.15) is 12.5 Å². The van der Waals surface area contributed by atoms with Crippen LogP contribution in [0.2, 0.25) is 0 Å². The summed E-state index contributed by atoms with van der Waals surface area (Å²) in [6.45, 7) is 5.08. The van der Waals surface area contributed by atoms with Gasteiger partial charge in [-0.1, -0.05) is 30.3 Å². The molecule has 0 unspecified atom stereocenters. The normalized spacial score (nSPS) is 14.7. The third-order valence-corrected chi connectivity index (χ3v) is 4.29. The maximum absolute atomic E-state index is 12.1. The fourth-order valence-corrected chi connectivity index (χ4v) is 3.07. The average molecular weight is 360 g/mol. The highest BCUT2D eigenvalue weighted by molar-refractivity contribution is 8.13. The zero-order valence-corrected chi connectivity index (χ0v) is 15.7. The van der Waals surface area contributed by atoms with Crippen LogP contribution in [-0.2, 0) is 16.1 Å². The van der Waals surface area contributed by atoms with Crippen molar-refractivity contribution in [2.75, 3.05) is 19.5 Å². The lowest BCUT2D eigenvalue weighted by Gasteiger charge is -2.29. The number of nitrogens with one attached hydrogen (secondary N) is 1. The molecule has 0 saturated carbocycles. The Bertz CT molecular complexity index is 671. The van der Waals surface area contributed by atoms with Gasteiger partial charge in [-0.2, -0.15) is 5.10 Å². The summed E-state index contributed by atoms with van der Waals surface area (Å²) in [5, 5.41) is 10.4. The molecule has 6 nitrogen and oxygen atoms in total. The van der Waals surface area contributed by atoms with Crippen LogP contribution in [-0.4, -0.2) is 41.8 Å². The van der Waals surface area contributed by atoms with Crippen molar-refractivity contribution in [1.29, 1.82) is 0 Å². The minimum Gasteiger partial charge on any atom is -0.466 e. The van der Waals surface area contributed by atoms with Gasteiger partial charge in [-0.05, 0) is 25.7 Å². The van der Waals surface area contributed by atoms with Crippen LogP contribution < -0.4 is 5.32 Å². The van der Waals surface area contributed by atoms with Crippen molar-refractivity contribution < 1.29 is 9.53 Å². The molecule has 7 heteroatoms. The van der Waals surface area contributed by atoms with Gasteiger partial charge in [-0.25, -0.2) is 5.01 Å². The zero-order chi connectivity index (χ0) is 18.1. The maximum atomic E-state index is 12.1. The Morgan fingerprint density at radius 3 is 2.84 bits per heavy atom. The van der Waals surface area contributed by atoms with Gasteiger partial charge in [-0.3, -0.25) is 9.79 Å². The molecule has 0 aromatic heterocycles. The van der Waals surface area contributed by atoms with E-state index in [2.05, 4.69) is 27.5 Å². The summed E-state index contributed by atoms with van der Waals surface area (Å²) < 4.78 is 5.12. The molecule has 25 heavy (non-hydrogen) atoms. The molecule has 1 aromatic rings. The molecule has 1 heterocycles. The Kier molecular flexibility index (Phi) is 7.53. The van der Waals surface area contributed by atoms with Crippen LogP contribution in [0.15, 0.2) is 51.8 Å². The number of ether oxygens (including phenoxy) is 1. The second-order valence-corrected chi connectivity index (χ2v) is 6.03. The first-order chi connectivity index (χ1) is 12.2. The highest BCUT2D eigenvalue weighted by atomic mass is 32.2. The summed E-state index contributed by atoms with van der Waals surface area (Å²) in [7, 11) is 0. The number of hydrazone groups is 1. The molecule has 0 aliphatic carbocycles. The molecule has 1 aromatic carbocycles. The standard InChI is InChI=1S/C18H24N4O2S/c1-4-21-22-13-20-18(25-3)15(11-16(23)24-5-2)17(22)19-12-14-9-7-6-8-10-14/h4,6-10,19H,5,11-13H2,1-3H3/b21-4-. The summed E-state index contributed by atoms with van der Waals surface area (Å²) >= 11 is 1.53. The monoisotopic (exact) mass is 360 g/mol. The van der Waals surface area contributed by atoms with Gasteiger partial charge in [-0.15, -0.1) is 11.8 Å². The van der Waals surface area contributed by atoms with E-state index < -0.39 is 0 Å². The van der Waals surface area contributed by atoms with Crippen molar-refractivity contribution in [3.8, 4) is 0 Å². The van der Waals surface area contributed by atoms with Crippen LogP contribution in [0.25, 0.3) is 0 Å². The van der Waals surface area contributed by atoms with Crippen LogP contribution >= 0.6 is 11.8 Å². The van der Waals surface area contributed by atoms with E-state index in [0.29, 0.717) is 19.8 Å². The number of rotatable bonds is 7. The largest absolute Gasteiger partial charge is 0.466 e. The van der Waals surface area contributed by atoms with Crippen molar-refractivity contribution in [3.05, 3.63) is 47.3 Å². The predicted molar refractivity (Wildman–Crippen MR) is 103 cm³/mol. The topological polar surface area (TPSA) is 66.3 Å². The molecule has 2 rings (SSSR count).